The second kappa shape index (κ2) is 9.55. The molecule has 0 radical (unpaired) electrons. The molecule has 1 unspecified atom stereocenters. The fraction of sp³-hybridized carbons (Fsp3) is 1.00. The van der Waals surface area contributed by atoms with E-state index >= 15 is 0 Å². The maximum absolute atomic E-state index is 12.5. The Kier molecular flexibility index (Phi) is 9.36. The first-order valence-corrected chi connectivity index (χ1v) is 6.39. The molecule has 0 amide bonds. The molecule has 0 spiro atoms. The maximum Gasteiger partial charge on any atom is 0.330 e. The van der Waals surface area contributed by atoms with E-state index in [0.29, 0.717) is 6.42 Å². The van der Waals surface area contributed by atoms with Crippen molar-refractivity contribution >= 4 is 0 Å². The van der Waals surface area contributed by atoms with Crippen molar-refractivity contribution in [2.24, 2.45) is 5.73 Å². The van der Waals surface area contributed by atoms with Crippen molar-refractivity contribution in [1.29, 1.82) is 0 Å². The Morgan fingerprint density at radius 2 is 1.72 bits per heavy atom. The van der Waals surface area contributed by atoms with E-state index in [2.05, 4.69) is 11.7 Å². The van der Waals surface area contributed by atoms with Gasteiger partial charge in [0.15, 0.2) is 0 Å². The van der Waals surface area contributed by atoms with Crippen LogP contribution in [0.15, 0.2) is 0 Å². The average molecular weight is 273 g/mol. The minimum atomic E-state index is -4.08. The number of rotatable bonds is 11. The minimum Gasteiger partial charge on any atom is -0.373 e. The third-order valence-corrected chi connectivity index (χ3v) is 2.62. The second-order valence-electron chi connectivity index (χ2n) is 4.54. The van der Waals surface area contributed by atoms with Crippen LogP contribution in [-0.4, -0.2) is 31.6 Å². The third kappa shape index (κ3) is 8.69. The lowest BCUT2D eigenvalue weighted by Gasteiger charge is -2.17. The molecule has 18 heavy (non-hydrogen) atoms. The monoisotopic (exact) mass is 273 g/mol. The molecule has 0 saturated carbocycles. The van der Waals surface area contributed by atoms with Gasteiger partial charge in [0.1, 0.15) is 6.61 Å². The number of hydrogen-bond acceptors (Lipinski definition) is 2. The van der Waals surface area contributed by atoms with Gasteiger partial charge in [-0.3, -0.25) is 0 Å². The predicted molar refractivity (Wildman–Crippen MR) is 63.1 cm³/mol. The van der Waals surface area contributed by atoms with Crippen molar-refractivity contribution in [2.45, 2.75) is 63.8 Å². The van der Waals surface area contributed by atoms with Gasteiger partial charge in [-0.1, -0.05) is 39.0 Å². The van der Waals surface area contributed by atoms with Gasteiger partial charge < -0.3 is 10.5 Å². The molecule has 0 saturated heterocycles. The molecular formula is C12H23F4NO. The maximum atomic E-state index is 12.5. The van der Waals surface area contributed by atoms with E-state index in [1.807, 2.05) is 0 Å². The Hall–Kier alpha value is -0.360. The Labute approximate surface area is 106 Å². The fourth-order valence-electron chi connectivity index (χ4n) is 1.50. The molecule has 0 aliphatic carbocycles. The quantitative estimate of drug-likeness (QED) is 0.461. The molecule has 0 heterocycles. The Balaban J connectivity index is 3.50. The van der Waals surface area contributed by atoms with Crippen LogP contribution in [0.1, 0.15) is 45.4 Å². The molecule has 0 aliphatic heterocycles. The molecule has 1 atom stereocenters. The first kappa shape index (κ1) is 17.6. The van der Waals surface area contributed by atoms with Crippen LogP contribution in [0.5, 0.6) is 0 Å². The van der Waals surface area contributed by atoms with Crippen LogP contribution < -0.4 is 5.73 Å². The highest BCUT2D eigenvalue weighted by atomic mass is 19.3. The van der Waals surface area contributed by atoms with Gasteiger partial charge in [0.2, 0.25) is 0 Å². The predicted octanol–water partition coefficient (Wildman–Crippen LogP) is 3.59. The first-order valence-electron chi connectivity index (χ1n) is 6.39. The summed E-state index contributed by atoms with van der Waals surface area (Å²) in [5.41, 5.74) is 5.64. The van der Waals surface area contributed by atoms with E-state index in [1.165, 1.54) is 6.42 Å². The summed E-state index contributed by atoms with van der Waals surface area (Å²) in [6, 6.07) is -0.361. The average Bonchev–Trinajstić information content (AvgIpc) is 2.28. The summed E-state index contributed by atoms with van der Waals surface area (Å²) in [5.74, 6) is -4.08. The Bertz CT molecular complexity index is 203. The van der Waals surface area contributed by atoms with Gasteiger partial charge in [-0.25, -0.2) is 8.78 Å². The van der Waals surface area contributed by atoms with Gasteiger partial charge in [0, 0.05) is 6.04 Å². The normalized spacial score (nSPS) is 14.2. The summed E-state index contributed by atoms with van der Waals surface area (Å²) >= 11 is 0. The molecule has 0 rings (SSSR count). The summed E-state index contributed by atoms with van der Waals surface area (Å²) in [6.45, 7) is 0.743. The van der Waals surface area contributed by atoms with Crippen molar-refractivity contribution in [3.63, 3.8) is 0 Å². The van der Waals surface area contributed by atoms with E-state index in [-0.39, 0.29) is 12.6 Å². The smallest absolute Gasteiger partial charge is 0.330 e. The summed E-state index contributed by atoms with van der Waals surface area (Å²) in [4.78, 5) is 0. The summed E-state index contributed by atoms with van der Waals surface area (Å²) < 4.78 is 53.1. The van der Waals surface area contributed by atoms with Crippen molar-refractivity contribution in [1.82, 2.24) is 0 Å². The van der Waals surface area contributed by atoms with E-state index in [1.54, 1.807) is 0 Å². The Morgan fingerprint density at radius 3 is 2.28 bits per heavy atom. The number of halogens is 4. The molecule has 110 valence electrons. The summed E-state index contributed by atoms with van der Waals surface area (Å²) in [7, 11) is 0. The first-order chi connectivity index (χ1) is 8.40. The van der Waals surface area contributed by atoms with Gasteiger partial charge in [0.25, 0.3) is 0 Å². The van der Waals surface area contributed by atoms with Crippen LogP contribution in [0.2, 0.25) is 0 Å². The molecule has 6 heteroatoms. The lowest BCUT2D eigenvalue weighted by atomic mass is 10.1. The molecule has 0 aliphatic rings. The van der Waals surface area contributed by atoms with Crippen LogP contribution >= 0.6 is 0 Å². The topological polar surface area (TPSA) is 35.2 Å². The highest BCUT2D eigenvalue weighted by molar-refractivity contribution is 4.69. The van der Waals surface area contributed by atoms with Gasteiger partial charge in [-0.15, -0.1) is 0 Å². The van der Waals surface area contributed by atoms with E-state index in [9.17, 15) is 17.6 Å². The molecule has 0 aromatic rings. The molecule has 0 aromatic carbocycles. The standard InChI is InChI=1S/C12H23F4NO/c1-2-3-4-5-6-7-10(17)8-18-9-12(15,16)11(13)14/h10-11H,2-9,17H2,1H3. The molecule has 0 aromatic heterocycles. The molecule has 0 bridgehead atoms. The van der Waals surface area contributed by atoms with Gasteiger partial charge >= 0.3 is 12.3 Å². The number of hydrogen-bond donors (Lipinski definition) is 1. The molecule has 2 N–H and O–H groups in total. The number of alkyl halides is 4. The van der Waals surface area contributed by atoms with Crippen LogP contribution in [0.3, 0.4) is 0 Å². The van der Waals surface area contributed by atoms with Gasteiger partial charge in [-0.2, -0.15) is 8.78 Å². The lowest BCUT2D eigenvalue weighted by molar-refractivity contribution is -0.166. The van der Waals surface area contributed by atoms with Crippen LogP contribution in [-0.2, 0) is 4.74 Å². The summed E-state index contributed by atoms with van der Waals surface area (Å²) in [5, 5.41) is 0. The van der Waals surface area contributed by atoms with Gasteiger partial charge in [-0.05, 0) is 6.42 Å². The van der Waals surface area contributed by atoms with E-state index in [0.717, 1.165) is 25.7 Å². The second-order valence-corrected chi connectivity index (χ2v) is 4.54. The zero-order chi connectivity index (χ0) is 14.0. The fourth-order valence-corrected chi connectivity index (χ4v) is 1.50. The van der Waals surface area contributed by atoms with Crippen molar-refractivity contribution < 1.29 is 22.3 Å². The Morgan fingerprint density at radius 1 is 1.11 bits per heavy atom. The summed E-state index contributed by atoms with van der Waals surface area (Å²) in [6.07, 6.45) is 2.40. The largest absolute Gasteiger partial charge is 0.373 e. The van der Waals surface area contributed by atoms with Crippen LogP contribution in [0, 0.1) is 0 Å². The minimum absolute atomic E-state index is 0.101. The number of nitrogens with two attached hydrogens (primary N) is 1. The SMILES string of the molecule is CCCCCCCC(N)COCC(F)(F)C(F)F. The zero-order valence-electron chi connectivity index (χ0n) is 10.8. The lowest BCUT2D eigenvalue weighted by Crippen LogP contribution is -2.35. The highest BCUT2D eigenvalue weighted by Crippen LogP contribution is 2.22. The molecule has 2 nitrogen and oxygen atoms in total. The van der Waals surface area contributed by atoms with Gasteiger partial charge in [0.05, 0.1) is 6.61 Å². The molecular weight excluding hydrogens is 250 g/mol. The van der Waals surface area contributed by atoms with E-state index in [4.69, 9.17) is 5.73 Å². The van der Waals surface area contributed by atoms with Crippen LogP contribution in [0.4, 0.5) is 17.6 Å². The van der Waals surface area contributed by atoms with Crippen LogP contribution in [0.25, 0.3) is 0 Å². The number of unbranched alkanes of at least 4 members (excludes halogenated alkanes) is 4. The van der Waals surface area contributed by atoms with E-state index < -0.39 is 19.0 Å². The molecule has 0 fully saturated rings. The van der Waals surface area contributed by atoms with Crippen molar-refractivity contribution in [3.8, 4) is 0 Å². The zero-order valence-corrected chi connectivity index (χ0v) is 10.8. The van der Waals surface area contributed by atoms with Crippen molar-refractivity contribution in [2.75, 3.05) is 13.2 Å². The third-order valence-electron chi connectivity index (χ3n) is 2.62. The van der Waals surface area contributed by atoms with Crippen molar-refractivity contribution in [3.05, 3.63) is 0 Å². The number of ether oxygens (including phenoxy) is 1. The highest BCUT2D eigenvalue weighted by Gasteiger charge is 2.40.